The van der Waals surface area contributed by atoms with Gasteiger partial charge in [0, 0.05) is 31.9 Å². The summed E-state index contributed by atoms with van der Waals surface area (Å²) >= 11 is 0. The van der Waals surface area contributed by atoms with Crippen molar-refractivity contribution in [2.75, 3.05) is 32.8 Å². The van der Waals surface area contributed by atoms with E-state index in [-0.39, 0.29) is 0 Å². The summed E-state index contributed by atoms with van der Waals surface area (Å²) in [6, 6.07) is 0. The Morgan fingerprint density at radius 2 is 2.18 bits per heavy atom. The van der Waals surface area contributed by atoms with Crippen molar-refractivity contribution in [1.82, 2.24) is 15.5 Å². The van der Waals surface area contributed by atoms with E-state index >= 15 is 0 Å². The number of allylic oxidation sites excluding steroid dienone is 1. The lowest BCUT2D eigenvalue weighted by atomic mass is 10.4. The maximum Gasteiger partial charge on any atom is 0.0676 e. The first-order valence-corrected chi connectivity index (χ1v) is 4.11. The van der Waals surface area contributed by atoms with Crippen molar-refractivity contribution in [2.24, 2.45) is 0 Å². The van der Waals surface area contributed by atoms with E-state index in [0.717, 1.165) is 38.5 Å². The maximum atomic E-state index is 3.79. The SMILES string of the molecule is C=C(C)NCN1CCNCC1. The molecule has 1 aliphatic heterocycles. The molecular formula is C8H17N3. The lowest BCUT2D eigenvalue weighted by Crippen LogP contribution is -2.46. The van der Waals surface area contributed by atoms with Gasteiger partial charge < -0.3 is 10.6 Å². The monoisotopic (exact) mass is 155 g/mol. The third kappa shape index (κ3) is 3.39. The van der Waals surface area contributed by atoms with Crippen molar-refractivity contribution in [2.45, 2.75) is 6.92 Å². The van der Waals surface area contributed by atoms with Crippen molar-refractivity contribution in [1.29, 1.82) is 0 Å². The average molecular weight is 155 g/mol. The highest BCUT2D eigenvalue weighted by atomic mass is 15.3. The van der Waals surface area contributed by atoms with Gasteiger partial charge in [0.15, 0.2) is 0 Å². The summed E-state index contributed by atoms with van der Waals surface area (Å²) in [5, 5.41) is 6.53. The number of nitrogens with one attached hydrogen (secondary N) is 2. The number of hydrogen-bond donors (Lipinski definition) is 2. The van der Waals surface area contributed by atoms with E-state index in [4.69, 9.17) is 0 Å². The van der Waals surface area contributed by atoms with Gasteiger partial charge in [0.25, 0.3) is 0 Å². The van der Waals surface area contributed by atoms with E-state index in [2.05, 4.69) is 22.1 Å². The van der Waals surface area contributed by atoms with Gasteiger partial charge in [-0.2, -0.15) is 0 Å². The second-order valence-corrected chi connectivity index (χ2v) is 2.98. The van der Waals surface area contributed by atoms with Crippen LogP contribution in [-0.2, 0) is 0 Å². The van der Waals surface area contributed by atoms with Crippen molar-refractivity contribution < 1.29 is 0 Å². The van der Waals surface area contributed by atoms with Gasteiger partial charge in [0.1, 0.15) is 0 Å². The van der Waals surface area contributed by atoms with Crippen molar-refractivity contribution in [3.8, 4) is 0 Å². The Morgan fingerprint density at radius 3 is 2.73 bits per heavy atom. The molecule has 64 valence electrons. The second-order valence-electron chi connectivity index (χ2n) is 2.98. The van der Waals surface area contributed by atoms with Gasteiger partial charge in [-0.05, 0) is 6.92 Å². The van der Waals surface area contributed by atoms with Crippen LogP contribution in [0.5, 0.6) is 0 Å². The molecule has 11 heavy (non-hydrogen) atoms. The Labute approximate surface area is 68.5 Å². The zero-order valence-electron chi connectivity index (χ0n) is 7.19. The van der Waals surface area contributed by atoms with E-state index < -0.39 is 0 Å². The predicted octanol–water partition coefficient (Wildman–Crippen LogP) is -0.0277. The molecule has 3 heteroatoms. The zero-order valence-corrected chi connectivity index (χ0v) is 7.19. The van der Waals surface area contributed by atoms with E-state index in [9.17, 15) is 0 Å². The largest absolute Gasteiger partial charge is 0.376 e. The first-order chi connectivity index (χ1) is 5.29. The molecule has 1 saturated heterocycles. The Morgan fingerprint density at radius 1 is 1.55 bits per heavy atom. The molecule has 0 atom stereocenters. The van der Waals surface area contributed by atoms with Gasteiger partial charge in [-0.15, -0.1) is 0 Å². The molecule has 0 bridgehead atoms. The average Bonchev–Trinajstić information content (AvgIpc) is 2.03. The minimum absolute atomic E-state index is 0.941. The fourth-order valence-electron chi connectivity index (χ4n) is 1.12. The summed E-state index contributed by atoms with van der Waals surface area (Å²) in [5.41, 5.74) is 1.04. The van der Waals surface area contributed by atoms with Crippen LogP contribution in [0.4, 0.5) is 0 Å². The Hall–Kier alpha value is -0.540. The summed E-state index contributed by atoms with van der Waals surface area (Å²) in [7, 11) is 0. The van der Waals surface area contributed by atoms with Crippen LogP contribution in [0, 0.1) is 0 Å². The molecule has 1 heterocycles. The van der Waals surface area contributed by atoms with Crippen LogP contribution >= 0.6 is 0 Å². The molecule has 1 aliphatic rings. The second kappa shape index (κ2) is 4.36. The fraction of sp³-hybridized carbons (Fsp3) is 0.750. The van der Waals surface area contributed by atoms with Crippen molar-refractivity contribution in [3.63, 3.8) is 0 Å². The standard InChI is InChI=1S/C8H17N3/c1-8(2)10-7-11-5-3-9-4-6-11/h9-10H,1,3-7H2,2H3. The van der Waals surface area contributed by atoms with Crippen LogP contribution in [0.3, 0.4) is 0 Å². The molecule has 0 unspecified atom stereocenters. The fourth-order valence-corrected chi connectivity index (χ4v) is 1.12. The van der Waals surface area contributed by atoms with E-state index in [1.165, 1.54) is 0 Å². The van der Waals surface area contributed by atoms with E-state index in [0.29, 0.717) is 0 Å². The normalized spacial score (nSPS) is 19.7. The minimum atomic E-state index is 0.941. The predicted molar refractivity (Wildman–Crippen MR) is 47.3 cm³/mol. The van der Waals surface area contributed by atoms with Gasteiger partial charge in [0.05, 0.1) is 6.67 Å². The number of rotatable bonds is 3. The first kappa shape index (κ1) is 8.56. The summed E-state index contributed by atoms with van der Waals surface area (Å²) in [6.07, 6.45) is 0. The summed E-state index contributed by atoms with van der Waals surface area (Å²) in [6.45, 7) is 11.2. The highest BCUT2D eigenvalue weighted by Gasteiger charge is 2.07. The van der Waals surface area contributed by atoms with Crippen LogP contribution in [-0.4, -0.2) is 37.7 Å². The quantitative estimate of drug-likeness (QED) is 0.599. The van der Waals surface area contributed by atoms with E-state index in [1.54, 1.807) is 0 Å². The van der Waals surface area contributed by atoms with Gasteiger partial charge in [-0.25, -0.2) is 0 Å². The van der Waals surface area contributed by atoms with Crippen molar-refractivity contribution >= 4 is 0 Å². The number of nitrogens with zero attached hydrogens (tertiary/aromatic N) is 1. The molecule has 2 N–H and O–H groups in total. The Kier molecular flexibility index (Phi) is 3.39. The summed E-state index contributed by atoms with van der Waals surface area (Å²) in [4.78, 5) is 2.38. The molecule has 0 aromatic carbocycles. The smallest absolute Gasteiger partial charge is 0.0676 e. The van der Waals surface area contributed by atoms with Crippen LogP contribution < -0.4 is 10.6 Å². The Bertz CT molecular complexity index is 127. The number of piperazine rings is 1. The van der Waals surface area contributed by atoms with E-state index in [1.807, 2.05) is 6.92 Å². The molecule has 1 rings (SSSR count). The lowest BCUT2D eigenvalue weighted by molar-refractivity contribution is 0.231. The summed E-state index contributed by atoms with van der Waals surface area (Å²) in [5.74, 6) is 0. The molecule has 0 aromatic rings. The van der Waals surface area contributed by atoms with Crippen LogP contribution in [0.1, 0.15) is 6.92 Å². The minimum Gasteiger partial charge on any atom is -0.376 e. The van der Waals surface area contributed by atoms with Crippen LogP contribution in [0.2, 0.25) is 0 Å². The highest BCUT2D eigenvalue weighted by Crippen LogP contribution is 1.90. The topological polar surface area (TPSA) is 27.3 Å². The third-order valence-electron chi connectivity index (χ3n) is 1.81. The van der Waals surface area contributed by atoms with Gasteiger partial charge in [-0.3, -0.25) is 4.90 Å². The van der Waals surface area contributed by atoms with Gasteiger partial charge in [0.2, 0.25) is 0 Å². The molecule has 0 aliphatic carbocycles. The molecule has 0 spiro atoms. The zero-order chi connectivity index (χ0) is 8.10. The number of hydrogen-bond acceptors (Lipinski definition) is 3. The molecule has 3 nitrogen and oxygen atoms in total. The highest BCUT2D eigenvalue weighted by molar-refractivity contribution is 4.84. The lowest BCUT2D eigenvalue weighted by Gasteiger charge is -2.27. The van der Waals surface area contributed by atoms with Gasteiger partial charge in [-0.1, -0.05) is 6.58 Å². The third-order valence-corrected chi connectivity index (χ3v) is 1.81. The first-order valence-electron chi connectivity index (χ1n) is 4.11. The van der Waals surface area contributed by atoms with Crippen LogP contribution in [0.25, 0.3) is 0 Å². The molecule has 0 saturated carbocycles. The summed E-state index contributed by atoms with van der Waals surface area (Å²) < 4.78 is 0. The molecule has 0 amide bonds. The van der Waals surface area contributed by atoms with Crippen LogP contribution in [0.15, 0.2) is 12.3 Å². The molecule has 0 radical (unpaired) electrons. The van der Waals surface area contributed by atoms with Crippen molar-refractivity contribution in [3.05, 3.63) is 12.3 Å². The molecule has 0 aromatic heterocycles. The molecule has 1 fully saturated rings. The van der Waals surface area contributed by atoms with Gasteiger partial charge >= 0.3 is 0 Å². The Balaban J connectivity index is 2.09. The maximum absolute atomic E-state index is 3.79. The molecular weight excluding hydrogens is 138 g/mol.